The van der Waals surface area contributed by atoms with Crippen LogP contribution in [-0.4, -0.2) is 11.7 Å². The molecule has 2 heterocycles. The predicted molar refractivity (Wildman–Crippen MR) is 211 cm³/mol. The second kappa shape index (κ2) is 12.0. The molecule has 1 atom stereocenters. The summed E-state index contributed by atoms with van der Waals surface area (Å²) in [6, 6.07) is 61.6. The lowest BCUT2D eigenvalue weighted by Crippen LogP contribution is -2.33. The summed E-state index contributed by atoms with van der Waals surface area (Å²) in [4.78, 5) is 10.6. The van der Waals surface area contributed by atoms with Gasteiger partial charge in [-0.2, -0.15) is 0 Å². The minimum absolute atomic E-state index is 0.373. The Kier molecular flexibility index (Phi) is 6.85. The molecule has 4 nitrogen and oxygen atoms in total. The van der Waals surface area contributed by atoms with Gasteiger partial charge in [-0.1, -0.05) is 158 Å². The van der Waals surface area contributed by atoms with Crippen molar-refractivity contribution < 1.29 is 4.42 Å². The van der Waals surface area contributed by atoms with Crippen LogP contribution in [0.1, 0.15) is 22.9 Å². The Bertz CT molecular complexity index is 2830. The number of benzene rings is 8. The topological polar surface area (TPSA) is 49.9 Å². The average Bonchev–Trinajstić information content (AvgIpc) is 3.59. The first kappa shape index (κ1) is 29.2. The predicted octanol–water partition coefficient (Wildman–Crippen LogP) is 11.7. The van der Waals surface area contributed by atoms with E-state index in [1.54, 1.807) is 0 Å². The van der Waals surface area contributed by atoms with Gasteiger partial charge >= 0.3 is 0 Å². The van der Waals surface area contributed by atoms with Crippen LogP contribution in [0.15, 0.2) is 190 Å². The Morgan fingerprint density at radius 2 is 1.12 bits per heavy atom. The van der Waals surface area contributed by atoms with Crippen molar-refractivity contribution in [3.63, 3.8) is 0 Å². The fourth-order valence-corrected chi connectivity index (χ4v) is 7.56. The molecule has 1 N–H and O–H groups in total. The third-order valence-electron chi connectivity index (χ3n) is 9.96. The fraction of sp³-hybridized carbons (Fsp3) is 0.0213. The van der Waals surface area contributed by atoms with Crippen molar-refractivity contribution in [3.8, 4) is 22.3 Å². The Morgan fingerprint density at radius 1 is 0.451 bits per heavy atom. The number of hydrogen-bond donors (Lipinski definition) is 1. The molecule has 1 unspecified atom stereocenters. The van der Waals surface area contributed by atoms with E-state index >= 15 is 0 Å². The molecule has 9 aromatic rings. The number of aliphatic imine (C=N–C) groups is 2. The number of amidine groups is 2. The van der Waals surface area contributed by atoms with Crippen LogP contribution >= 0.6 is 0 Å². The SMILES string of the molecule is c1ccc(C2=NC(c3cccc4oc5ccc(-c6cccc7ccccc67)cc5c34)=NC(c3ccc(-c4ccccc4)c4ccccc34)N2)cc1. The second-order valence-electron chi connectivity index (χ2n) is 13.0. The van der Waals surface area contributed by atoms with Crippen LogP contribution in [0.2, 0.25) is 0 Å². The van der Waals surface area contributed by atoms with Crippen LogP contribution in [0.3, 0.4) is 0 Å². The van der Waals surface area contributed by atoms with Crippen molar-refractivity contribution in [2.45, 2.75) is 6.17 Å². The van der Waals surface area contributed by atoms with Gasteiger partial charge in [0.2, 0.25) is 0 Å². The Labute approximate surface area is 295 Å². The first-order chi connectivity index (χ1) is 25.3. The van der Waals surface area contributed by atoms with E-state index in [0.717, 1.165) is 55.4 Å². The maximum Gasteiger partial charge on any atom is 0.160 e. The lowest BCUT2D eigenvalue weighted by molar-refractivity contribution is 0.668. The van der Waals surface area contributed by atoms with Gasteiger partial charge < -0.3 is 9.73 Å². The molecule has 0 radical (unpaired) electrons. The van der Waals surface area contributed by atoms with Gasteiger partial charge in [-0.05, 0) is 62.0 Å². The molecule has 10 rings (SSSR count). The number of nitrogens with one attached hydrogen (secondary N) is 1. The van der Waals surface area contributed by atoms with Crippen LogP contribution < -0.4 is 5.32 Å². The van der Waals surface area contributed by atoms with E-state index in [1.165, 1.54) is 32.8 Å². The summed E-state index contributed by atoms with van der Waals surface area (Å²) in [5.41, 5.74) is 9.39. The lowest BCUT2D eigenvalue weighted by atomic mass is 9.93. The largest absolute Gasteiger partial charge is 0.456 e. The van der Waals surface area contributed by atoms with E-state index in [9.17, 15) is 0 Å². The molecular weight excluding hydrogens is 623 g/mol. The molecule has 0 saturated carbocycles. The van der Waals surface area contributed by atoms with Gasteiger partial charge in [-0.3, -0.25) is 0 Å². The van der Waals surface area contributed by atoms with Gasteiger partial charge in [-0.15, -0.1) is 0 Å². The summed E-state index contributed by atoms with van der Waals surface area (Å²) in [7, 11) is 0. The molecule has 0 fully saturated rings. The van der Waals surface area contributed by atoms with Crippen molar-refractivity contribution in [1.29, 1.82) is 0 Å². The molecular formula is C47H31N3O. The highest BCUT2D eigenvalue weighted by molar-refractivity contribution is 6.22. The summed E-state index contributed by atoms with van der Waals surface area (Å²) in [5, 5.41) is 10.5. The van der Waals surface area contributed by atoms with Crippen LogP contribution in [0.25, 0.3) is 65.7 Å². The van der Waals surface area contributed by atoms with Crippen molar-refractivity contribution in [2.75, 3.05) is 0 Å². The number of fused-ring (bicyclic) bond motifs is 5. The quantitative estimate of drug-likeness (QED) is 0.201. The molecule has 1 aliphatic heterocycles. The summed E-state index contributed by atoms with van der Waals surface area (Å²) in [6.45, 7) is 0. The number of nitrogens with zero attached hydrogens (tertiary/aromatic N) is 2. The highest BCUT2D eigenvalue weighted by Crippen LogP contribution is 2.39. The smallest absolute Gasteiger partial charge is 0.160 e. The van der Waals surface area contributed by atoms with E-state index in [-0.39, 0.29) is 6.17 Å². The van der Waals surface area contributed by atoms with E-state index in [0.29, 0.717) is 5.84 Å². The Balaban J connectivity index is 1.17. The van der Waals surface area contributed by atoms with Crippen LogP contribution in [0, 0.1) is 0 Å². The van der Waals surface area contributed by atoms with Gasteiger partial charge in [-0.25, -0.2) is 9.98 Å². The lowest BCUT2D eigenvalue weighted by Gasteiger charge is -2.25. The van der Waals surface area contributed by atoms with Crippen LogP contribution in [-0.2, 0) is 0 Å². The van der Waals surface area contributed by atoms with E-state index < -0.39 is 0 Å². The molecule has 0 amide bonds. The van der Waals surface area contributed by atoms with Gasteiger partial charge in [0.1, 0.15) is 23.2 Å². The normalized spacial score (nSPS) is 14.5. The van der Waals surface area contributed by atoms with E-state index in [2.05, 4.69) is 151 Å². The molecule has 1 aromatic heterocycles. The maximum absolute atomic E-state index is 6.48. The van der Waals surface area contributed by atoms with Gasteiger partial charge in [0, 0.05) is 27.5 Å². The molecule has 51 heavy (non-hydrogen) atoms. The molecule has 8 aromatic carbocycles. The van der Waals surface area contributed by atoms with Crippen molar-refractivity contribution in [1.82, 2.24) is 5.32 Å². The van der Waals surface area contributed by atoms with Crippen molar-refractivity contribution in [2.24, 2.45) is 9.98 Å². The van der Waals surface area contributed by atoms with Crippen LogP contribution in [0.4, 0.5) is 0 Å². The zero-order valence-electron chi connectivity index (χ0n) is 27.6. The molecule has 0 bridgehead atoms. The Hall–Kier alpha value is -6.78. The van der Waals surface area contributed by atoms with E-state index in [1.807, 2.05) is 30.3 Å². The third-order valence-corrected chi connectivity index (χ3v) is 9.96. The highest BCUT2D eigenvalue weighted by Gasteiger charge is 2.25. The molecule has 4 heteroatoms. The second-order valence-corrected chi connectivity index (χ2v) is 13.0. The molecule has 0 saturated heterocycles. The van der Waals surface area contributed by atoms with Gasteiger partial charge in [0.05, 0.1) is 0 Å². The summed E-state index contributed by atoms with van der Waals surface area (Å²) in [6.07, 6.45) is -0.373. The average molecular weight is 654 g/mol. The third kappa shape index (κ3) is 5.00. The van der Waals surface area contributed by atoms with Crippen molar-refractivity contribution in [3.05, 3.63) is 193 Å². The maximum atomic E-state index is 6.48. The first-order valence-corrected chi connectivity index (χ1v) is 17.3. The summed E-state index contributed by atoms with van der Waals surface area (Å²) in [5.74, 6) is 1.45. The van der Waals surface area contributed by atoms with Crippen molar-refractivity contribution >= 4 is 55.2 Å². The molecule has 240 valence electrons. The first-order valence-electron chi connectivity index (χ1n) is 17.3. The summed E-state index contributed by atoms with van der Waals surface area (Å²) < 4.78 is 6.48. The highest BCUT2D eigenvalue weighted by atomic mass is 16.3. The zero-order valence-corrected chi connectivity index (χ0v) is 27.6. The fourth-order valence-electron chi connectivity index (χ4n) is 7.56. The van der Waals surface area contributed by atoms with Crippen LogP contribution in [0.5, 0.6) is 0 Å². The van der Waals surface area contributed by atoms with E-state index in [4.69, 9.17) is 14.4 Å². The minimum Gasteiger partial charge on any atom is -0.456 e. The summed E-state index contributed by atoms with van der Waals surface area (Å²) >= 11 is 0. The molecule has 0 spiro atoms. The number of furan rings is 1. The number of hydrogen-bond acceptors (Lipinski definition) is 4. The minimum atomic E-state index is -0.373. The monoisotopic (exact) mass is 653 g/mol. The molecule has 1 aliphatic rings. The van der Waals surface area contributed by atoms with Gasteiger partial charge in [0.15, 0.2) is 5.84 Å². The number of rotatable bonds is 5. The van der Waals surface area contributed by atoms with Gasteiger partial charge in [0.25, 0.3) is 0 Å². The Morgan fingerprint density at radius 3 is 1.96 bits per heavy atom. The zero-order chi connectivity index (χ0) is 33.7. The molecule has 0 aliphatic carbocycles. The standard InChI is InChI=1S/C47H31N3O/c1-3-13-30(14-4-1)36-26-27-39(38-21-10-9-20-37(36)38)46-48-45(32-16-5-2-6-17-32)49-47(50-46)40-23-12-24-43-44(40)41-29-33(25-28-42(41)51-43)35-22-11-18-31-15-7-8-19-34(31)35/h1-29,46H,(H,48,49,50).